The van der Waals surface area contributed by atoms with Crippen molar-refractivity contribution in [3.8, 4) is 0 Å². The highest BCUT2D eigenvalue weighted by Gasteiger charge is 2.34. The van der Waals surface area contributed by atoms with Gasteiger partial charge in [-0.2, -0.15) is 0 Å². The van der Waals surface area contributed by atoms with E-state index in [9.17, 15) is 23.1 Å². The highest BCUT2D eigenvalue weighted by Crippen LogP contribution is 2.22. The van der Waals surface area contributed by atoms with Gasteiger partial charge in [-0.15, -0.1) is 0 Å². The zero-order chi connectivity index (χ0) is 19.6. The molecule has 2 aromatic carbocycles. The smallest absolute Gasteiger partial charge is 0.326 e. The SMILES string of the molecule is Cc1ccc(NS(=O)(=O)c2ccc(C(=O)N3CCC[C@@H]3C(=O)O)cc2)cc1. The number of carboxylic acids is 1. The molecule has 3 rings (SSSR count). The van der Waals surface area contributed by atoms with Gasteiger partial charge in [0.2, 0.25) is 0 Å². The van der Waals surface area contributed by atoms with Gasteiger partial charge in [-0.1, -0.05) is 17.7 Å². The summed E-state index contributed by atoms with van der Waals surface area (Å²) >= 11 is 0. The molecule has 7 nitrogen and oxygen atoms in total. The number of hydrogen-bond donors (Lipinski definition) is 2. The number of benzene rings is 2. The fraction of sp³-hybridized carbons (Fsp3) is 0.263. The van der Waals surface area contributed by atoms with Crippen molar-refractivity contribution in [3.63, 3.8) is 0 Å². The first-order valence-corrected chi connectivity index (χ1v) is 9.99. The van der Waals surface area contributed by atoms with E-state index in [4.69, 9.17) is 0 Å². The van der Waals surface area contributed by atoms with Crippen molar-refractivity contribution in [3.05, 3.63) is 59.7 Å². The first-order valence-electron chi connectivity index (χ1n) is 8.51. The largest absolute Gasteiger partial charge is 0.480 e. The lowest BCUT2D eigenvalue weighted by atomic mass is 10.1. The molecule has 1 amide bonds. The summed E-state index contributed by atoms with van der Waals surface area (Å²) in [5.41, 5.74) is 1.72. The molecule has 27 heavy (non-hydrogen) atoms. The van der Waals surface area contributed by atoms with Crippen LogP contribution >= 0.6 is 0 Å². The zero-order valence-electron chi connectivity index (χ0n) is 14.8. The van der Waals surface area contributed by atoms with E-state index in [2.05, 4.69) is 4.72 Å². The van der Waals surface area contributed by atoms with Crippen LogP contribution in [0, 0.1) is 6.92 Å². The average Bonchev–Trinajstić information content (AvgIpc) is 3.13. The van der Waals surface area contributed by atoms with Crippen LogP contribution in [0.15, 0.2) is 53.4 Å². The number of carbonyl (C=O) groups is 2. The molecular weight excluding hydrogens is 368 g/mol. The van der Waals surface area contributed by atoms with E-state index in [1.54, 1.807) is 24.3 Å². The van der Waals surface area contributed by atoms with Crippen molar-refractivity contribution in [1.29, 1.82) is 0 Å². The topological polar surface area (TPSA) is 104 Å². The quantitative estimate of drug-likeness (QED) is 0.819. The second-order valence-electron chi connectivity index (χ2n) is 6.49. The van der Waals surface area contributed by atoms with Crippen LogP contribution in [0.2, 0.25) is 0 Å². The van der Waals surface area contributed by atoms with Crippen LogP contribution in [0.4, 0.5) is 5.69 Å². The Kier molecular flexibility index (Phi) is 5.18. The van der Waals surface area contributed by atoms with Crippen molar-refractivity contribution in [2.75, 3.05) is 11.3 Å². The third-order valence-electron chi connectivity index (χ3n) is 4.51. The van der Waals surface area contributed by atoms with Crippen molar-refractivity contribution in [1.82, 2.24) is 4.90 Å². The molecule has 0 bridgehead atoms. The summed E-state index contributed by atoms with van der Waals surface area (Å²) in [6.45, 7) is 2.29. The van der Waals surface area contributed by atoms with Gasteiger partial charge in [0.25, 0.3) is 15.9 Å². The van der Waals surface area contributed by atoms with Gasteiger partial charge in [0.05, 0.1) is 4.90 Å². The van der Waals surface area contributed by atoms with E-state index in [-0.39, 0.29) is 10.5 Å². The van der Waals surface area contributed by atoms with Crippen LogP contribution in [0.5, 0.6) is 0 Å². The zero-order valence-corrected chi connectivity index (χ0v) is 15.6. The van der Waals surface area contributed by atoms with Crippen LogP contribution < -0.4 is 4.72 Å². The Morgan fingerprint density at radius 3 is 2.30 bits per heavy atom. The van der Waals surface area contributed by atoms with Gasteiger partial charge in [0, 0.05) is 17.8 Å². The number of hydrogen-bond acceptors (Lipinski definition) is 4. The summed E-state index contributed by atoms with van der Waals surface area (Å²) in [7, 11) is -3.78. The van der Waals surface area contributed by atoms with Crippen molar-refractivity contribution >= 4 is 27.6 Å². The molecular formula is C19H20N2O5S. The lowest BCUT2D eigenvalue weighted by Gasteiger charge is -2.21. The maximum atomic E-state index is 12.5. The van der Waals surface area contributed by atoms with Gasteiger partial charge in [-0.25, -0.2) is 13.2 Å². The first-order chi connectivity index (χ1) is 12.8. The molecule has 2 N–H and O–H groups in total. The molecule has 0 saturated carbocycles. The second kappa shape index (κ2) is 7.40. The normalized spacial score (nSPS) is 16.9. The molecule has 0 aromatic heterocycles. The van der Waals surface area contributed by atoms with Gasteiger partial charge in [0.1, 0.15) is 6.04 Å². The maximum Gasteiger partial charge on any atom is 0.326 e. The molecule has 0 spiro atoms. The molecule has 0 radical (unpaired) electrons. The highest BCUT2D eigenvalue weighted by atomic mass is 32.2. The standard InChI is InChI=1S/C19H20N2O5S/c1-13-4-8-15(9-5-13)20-27(25,26)16-10-6-14(7-11-16)18(22)21-12-2-3-17(21)19(23)24/h4-11,17,20H,2-3,12H2,1H3,(H,23,24)/t17-/m1/s1. The summed E-state index contributed by atoms with van der Waals surface area (Å²) in [6.07, 6.45) is 1.06. The fourth-order valence-electron chi connectivity index (χ4n) is 3.04. The third-order valence-corrected chi connectivity index (χ3v) is 5.91. The Morgan fingerprint density at radius 1 is 1.07 bits per heavy atom. The van der Waals surface area contributed by atoms with Crippen LogP contribution in [-0.4, -0.2) is 42.9 Å². The second-order valence-corrected chi connectivity index (χ2v) is 8.17. The molecule has 1 heterocycles. The first kappa shape index (κ1) is 18.9. The number of carboxylic acid groups (broad SMARTS) is 1. The van der Waals surface area contributed by atoms with E-state index in [1.807, 2.05) is 6.92 Å². The Labute approximate surface area is 157 Å². The monoisotopic (exact) mass is 388 g/mol. The number of anilines is 1. The summed E-state index contributed by atoms with van der Waals surface area (Å²) in [5, 5.41) is 9.21. The minimum atomic E-state index is -3.78. The van der Waals surface area contributed by atoms with Gasteiger partial charge in [0.15, 0.2) is 0 Å². The lowest BCUT2D eigenvalue weighted by molar-refractivity contribution is -0.141. The summed E-state index contributed by atoms with van der Waals surface area (Å²) in [5.74, 6) is -1.43. The molecule has 0 unspecified atom stereocenters. The van der Waals surface area contributed by atoms with Gasteiger partial charge >= 0.3 is 5.97 Å². The molecule has 1 aliphatic heterocycles. The van der Waals surface area contributed by atoms with Crippen molar-refractivity contribution in [2.45, 2.75) is 30.7 Å². The number of aliphatic carboxylic acids is 1. The Hall–Kier alpha value is -2.87. The van der Waals surface area contributed by atoms with Crippen LogP contribution in [0.25, 0.3) is 0 Å². The molecule has 1 atom stereocenters. The number of nitrogens with zero attached hydrogens (tertiary/aromatic N) is 1. The molecule has 1 saturated heterocycles. The highest BCUT2D eigenvalue weighted by molar-refractivity contribution is 7.92. The van der Waals surface area contributed by atoms with E-state index < -0.39 is 27.9 Å². The molecule has 1 fully saturated rings. The van der Waals surface area contributed by atoms with Crippen LogP contribution in [-0.2, 0) is 14.8 Å². The maximum absolute atomic E-state index is 12.5. The number of likely N-dealkylation sites (tertiary alicyclic amines) is 1. The minimum absolute atomic E-state index is 0.0239. The number of aryl methyl sites for hydroxylation is 1. The van der Waals surface area contributed by atoms with E-state index in [0.717, 1.165) is 5.56 Å². The van der Waals surface area contributed by atoms with Gasteiger partial charge in [-0.3, -0.25) is 9.52 Å². The van der Waals surface area contributed by atoms with Crippen molar-refractivity contribution < 1.29 is 23.1 Å². The number of nitrogens with one attached hydrogen (secondary N) is 1. The predicted molar refractivity (Wildman–Crippen MR) is 100 cm³/mol. The molecule has 1 aliphatic rings. The third kappa shape index (κ3) is 4.11. The lowest BCUT2D eigenvalue weighted by Crippen LogP contribution is -2.40. The number of sulfonamides is 1. The Morgan fingerprint density at radius 2 is 1.70 bits per heavy atom. The summed E-state index contributed by atoms with van der Waals surface area (Å²) in [4.78, 5) is 25.1. The number of rotatable bonds is 5. The number of carbonyl (C=O) groups excluding carboxylic acids is 1. The number of amides is 1. The van der Waals surface area contributed by atoms with E-state index in [1.165, 1.54) is 29.2 Å². The average molecular weight is 388 g/mol. The predicted octanol–water partition coefficient (Wildman–Crippen LogP) is 2.49. The Balaban J connectivity index is 1.77. The summed E-state index contributed by atoms with van der Waals surface area (Å²) < 4.78 is 27.4. The molecule has 2 aromatic rings. The van der Waals surface area contributed by atoms with E-state index >= 15 is 0 Å². The van der Waals surface area contributed by atoms with Crippen LogP contribution in [0.1, 0.15) is 28.8 Å². The van der Waals surface area contributed by atoms with Crippen molar-refractivity contribution in [2.24, 2.45) is 0 Å². The fourth-order valence-corrected chi connectivity index (χ4v) is 4.10. The molecule has 0 aliphatic carbocycles. The van der Waals surface area contributed by atoms with E-state index in [0.29, 0.717) is 25.1 Å². The van der Waals surface area contributed by atoms with Crippen LogP contribution in [0.3, 0.4) is 0 Å². The minimum Gasteiger partial charge on any atom is -0.480 e. The summed E-state index contributed by atoms with van der Waals surface area (Å²) in [6, 6.07) is 11.6. The molecule has 142 valence electrons. The van der Waals surface area contributed by atoms with Gasteiger partial charge in [-0.05, 0) is 56.2 Å². The molecule has 8 heteroatoms. The Bertz CT molecular complexity index is 953. The van der Waals surface area contributed by atoms with Gasteiger partial charge < -0.3 is 10.0 Å².